The minimum atomic E-state index is -4.35. The molecule has 0 spiro atoms. The first kappa shape index (κ1) is 17.7. The van der Waals surface area contributed by atoms with Crippen LogP contribution >= 0.6 is 0 Å². The lowest BCUT2D eigenvalue weighted by atomic mass is 9.98. The van der Waals surface area contributed by atoms with Gasteiger partial charge in [0.25, 0.3) is 0 Å². The zero-order valence-electron chi connectivity index (χ0n) is 12.4. The molecule has 21 heavy (non-hydrogen) atoms. The fourth-order valence-corrected chi connectivity index (χ4v) is 2.13. The van der Waals surface area contributed by atoms with Crippen LogP contribution in [0.15, 0.2) is 0 Å². The fourth-order valence-electron chi connectivity index (χ4n) is 2.13. The van der Waals surface area contributed by atoms with E-state index in [2.05, 4.69) is 10.1 Å². The summed E-state index contributed by atoms with van der Waals surface area (Å²) in [5, 5.41) is 2.66. The van der Waals surface area contributed by atoms with Crippen LogP contribution < -0.4 is 5.32 Å². The fraction of sp³-hybridized carbons (Fsp3) is 0.846. The van der Waals surface area contributed by atoms with Crippen LogP contribution in [-0.2, 0) is 14.3 Å². The number of carbonyl (C=O) groups is 2. The molecule has 1 aliphatic heterocycles. The summed E-state index contributed by atoms with van der Waals surface area (Å²) in [4.78, 5) is 25.4. The Bertz CT molecular complexity index is 385. The van der Waals surface area contributed by atoms with Crippen molar-refractivity contribution in [2.75, 3.05) is 19.8 Å². The monoisotopic (exact) mass is 310 g/mol. The number of nitrogens with one attached hydrogen (secondary N) is 1. The van der Waals surface area contributed by atoms with Gasteiger partial charge in [0, 0.05) is 13.2 Å². The number of piperazine rings is 1. The van der Waals surface area contributed by atoms with Crippen molar-refractivity contribution in [3.05, 3.63) is 0 Å². The van der Waals surface area contributed by atoms with Crippen LogP contribution in [0.4, 0.5) is 13.2 Å². The Morgan fingerprint density at radius 3 is 2.48 bits per heavy atom. The van der Waals surface area contributed by atoms with E-state index < -0.39 is 24.9 Å². The van der Waals surface area contributed by atoms with Gasteiger partial charge in [-0.1, -0.05) is 13.8 Å². The van der Waals surface area contributed by atoms with Crippen molar-refractivity contribution < 1.29 is 27.5 Å². The number of carbonyl (C=O) groups excluding carboxylic acids is 2. The molecular formula is C13H21F3N2O3. The maximum atomic E-state index is 12.2. The summed E-state index contributed by atoms with van der Waals surface area (Å²) in [6.45, 7) is 4.04. The van der Waals surface area contributed by atoms with Gasteiger partial charge in [0.05, 0.1) is 0 Å². The highest BCUT2D eigenvalue weighted by Crippen LogP contribution is 2.17. The van der Waals surface area contributed by atoms with Crippen LogP contribution in [0, 0.1) is 5.92 Å². The SMILES string of the molecule is CC(C)C1NC(=O)C(C)N(CCCOCC(F)(F)F)C1=O. The van der Waals surface area contributed by atoms with Crippen molar-refractivity contribution in [1.29, 1.82) is 0 Å². The van der Waals surface area contributed by atoms with Gasteiger partial charge in [-0.15, -0.1) is 0 Å². The smallest absolute Gasteiger partial charge is 0.372 e. The first-order chi connectivity index (χ1) is 9.63. The molecule has 0 radical (unpaired) electrons. The van der Waals surface area contributed by atoms with Gasteiger partial charge >= 0.3 is 6.18 Å². The van der Waals surface area contributed by atoms with Gasteiger partial charge in [0.15, 0.2) is 0 Å². The number of halogens is 3. The highest BCUT2D eigenvalue weighted by Gasteiger charge is 2.39. The van der Waals surface area contributed by atoms with E-state index in [1.165, 1.54) is 4.90 Å². The second-order valence-electron chi connectivity index (χ2n) is 5.46. The molecule has 1 heterocycles. The van der Waals surface area contributed by atoms with Crippen molar-refractivity contribution >= 4 is 11.8 Å². The van der Waals surface area contributed by atoms with Crippen molar-refractivity contribution in [2.24, 2.45) is 5.92 Å². The first-order valence-electron chi connectivity index (χ1n) is 6.89. The van der Waals surface area contributed by atoms with Crippen LogP contribution in [0.5, 0.6) is 0 Å². The van der Waals surface area contributed by atoms with E-state index in [-0.39, 0.29) is 37.3 Å². The Hall–Kier alpha value is -1.31. The molecule has 2 amide bonds. The van der Waals surface area contributed by atoms with Crippen LogP contribution in [-0.4, -0.2) is 54.7 Å². The Kier molecular flexibility index (Phi) is 6.00. The van der Waals surface area contributed by atoms with E-state index in [9.17, 15) is 22.8 Å². The molecule has 2 atom stereocenters. The minimum absolute atomic E-state index is 0.0436. The lowest BCUT2D eigenvalue weighted by molar-refractivity contribution is -0.174. The number of rotatable bonds is 6. The summed E-state index contributed by atoms with van der Waals surface area (Å²) in [6, 6.07) is -1.19. The van der Waals surface area contributed by atoms with Gasteiger partial charge in [-0.25, -0.2) is 0 Å². The predicted molar refractivity (Wildman–Crippen MR) is 69.4 cm³/mol. The Balaban J connectivity index is 2.47. The van der Waals surface area contributed by atoms with Crippen LogP contribution in [0.1, 0.15) is 27.2 Å². The zero-order valence-corrected chi connectivity index (χ0v) is 12.4. The minimum Gasteiger partial charge on any atom is -0.372 e. The lowest BCUT2D eigenvalue weighted by Crippen LogP contribution is -2.64. The number of ether oxygens (including phenoxy) is 1. The Morgan fingerprint density at radius 2 is 1.95 bits per heavy atom. The molecule has 1 saturated heterocycles. The lowest BCUT2D eigenvalue weighted by Gasteiger charge is -2.38. The largest absolute Gasteiger partial charge is 0.411 e. The molecular weight excluding hydrogens is 289 g/mol. The molecule has 2 unspecified atom stereocenters. The van der Waals surface area contributed by atoms with Gasteiger partial charge in [0.2, 0.25) is 11.8 Å². The normalized spacial score (nSPS) is 23.7. The van der Waals surface area contributed by atoms with Crippen LogP contribution in [0.2, 0.25) is 0 Å². The molecule has 0 saturated carbocycles. The third kappa shape index (κ3) is 5.18. The second-order valence-corrected chi connectivity index (χ2v) is 5.46. The van der Waals surface area contributed by atoms with Gasteiger partial charge in [0.1, 0.15) is 18.7 Å². The molecule has 1 fully saturated rings. The summed E-state index contributed by atoms with van der Waals surface area (Å²) in [7, 11) is 0. The van der Waals surface area contributed by atoms with E-state index in [4.69, 9.17) is 0 Å². The summed E-state index contributed by atoms with van der Waals surface area (Å²) in [6.07, 6.45) is -4.10. The molecule has 0 aromatic rings. The van der Waals surface area contributed by atoms with Gasteiger partial charge in [-0.05, 0) is 19.3 Å². The number of hydrogen-bond donors (Lipinski definition) is 1. The van der Waals surface area contributed by atoms with Gasteiger partial charge in [-0.3, -0.25) is 9.59 Å². The summed E-state index contributed by atoms with van der Waals surface area (Å²) < 4.78 is 40.2. The number of amides is 2. The Labute approximate surface area is 121 Å². The van der Waals surface area contributed by atoms with Crippen molar-refractivity contribution in [2.45, 2.75) is 45.5 Å². The van der Waals surface area contributed by atoms with Crippen LogP contribution in [0.25, 0.3) is 0 Å². The number of nitrogens with zero attached hydrogens (tertiary/aromatic N) is 1. The molecule has 0 aromatic carbocycles. The topological polar surface area (TPSA) is 58.6 Å². The van der Waals surface area contributed by atoms with Crippen LogP contribution in [0.3, 0.4) is 0 Å². The third-order valence-corrected chi connectivity index (χ3v) is 3.31. The maximum absolute atomic E-state index is 12.2. The van der Waals surface area contributed by atoms with E-state index in [1.807, 2.05) is 13.8 Å². The van der Waals surface area contributed by atoms with Gasteiger partial charge < -0.3 is 15.0 Å². The highest BCUT2D eigenvalue weighted by atomic mass is 19.4. The van der Waals surface area contributed by atoms with Crippen molar-refractivity contribution in [3.8, 4) is 0 Å². The predicted octanol–water partition coefficient (Wildman–Crippen LogP) is 1.33. The molecule has 0 aliphatic carbocycles. The second kappa shape index (κ2) is 7.11. The molecule has 1 aliphatic rings. The summed E-state index contributed by atoms with van der Waals surface area (Å²) in [5.74, 6) is -0.490. The molecule has 1 rings (SSSR count). The number of alkyl halides is 3. The zero-order chi connectivity index (χ0) is 16.2. The summed E-state index contributed by atoms with van der Waals surface area (Å²) >= 11 is 0. The molecule has 8 heteroatoms. The number of hydrogen-bond acceptors (Lipinski definition) is 3. The van der Waals surface area contributed by atoms with E-state index in [0.717, 1.165) is 0 Å². The van der Waals surface area contributed by atoms with E-state index >= 15 is 0 Å². The average Bonchev–Trinajstić information content (AvgIpc) is 2.35. The molecule has 5 nitrogen and oxygen atoms in total. The molecule has 122 valence electrons. The van der Waals surface area contributed by atoms with Crippen molar-refractivity contribution in [1.82, 2.24) is 10.2 Å². The first-order valence-corrected chi connectivity index (χ1v) is 6.89. The maximum Gasteiger partial charge on any atom is 0.411 e. The third-order valence-electron chi connectivity index (χ3n) is 3.31. The quantitative estimate of drug-likeness (QED) is 0.753. The van der Waals surface area contributed by atoms with E-state index in [0.29, 0.717) is 0 Å². The molecule has 1 N–H and O–H groups in total. The average molecular weight is 310 g/mol. The highest BCUT2D eigenvalue weighted by molar-refractivity contribution is 5.96. The van der Waals surface area contributed by atoms with E-state index in [1.54, 1.807) is 6.92 Å². The summed E-state index contributed by atoms with van der Waals surface area (Å²) in [5.41, 5.74) is 0. The molecule has 0 aromatic heterocycles. The Morgan fingerprint density at radius 1 is 1.33 bits per heavy atom. The van der Waals surface area contributed by atoms with Gasteiger partial charge in [-0.2, -0.15) is 13.2 Å². The van der Waals surface area contributed by atoms with Crippen molar-refractivity contribution in [3.63, 3.8) is 0 Å². The standard InChI is InChI=1S/C13H21F3N2O3/c1-8(2)10-12(20)18(9(3)11(19)17-10)5-4-6-21-7-13(14,15)16/h8-10H,4-7H2,1-3H3,(H,17,19). The molecule has 0 bridgehead atoms.